The molecule has 1 aromatic rings. The third-order valence-corrected chi connectivity index (χ3v) is 4.93. The Morgan fingerprint density at radius 1 is 1.40 bits per heavy atom. The monoisotopic (exact) mass is 295 g/mol. The number of nitro groups is 1. The molecule has 0 aromatic heterocycles. The zero-order valence-electron chi connectivity index (χ0n) is 12.2. The quantitative estimate of drug-likeness (QED) is 0.615. The van der Waals surface area contributed by atoms with Gasteiger partial charge >= 0.3 is 0 Å². The molecule has 0 saturated carbocycles. The van der Waals surface area contributed by atoms with Crippen LogP contribution in [0.5, 0.6) is 0 Å². The predicted molar refractivity (Wildman–Crippen MR) is 83.2 cm³/mol. The van der Waals surface area contributed by atoms with Crippen molar-refractivity contribution in [3.05, 3.63) is 39.9 Å². The molecule has 2 rings (SSSR count). The molecular formula is C14H21N3O2S. The third kappa shape index (κ3) is 3.31. The lowest BCUT2D eigenvalue weighted by atomic mass is 10.1. The fourth-order valence-electron chi connectivity index (χ4n) is 2.75. The maximum absolute atomic E-state index is 11.1. The van der Waals surface area contributed by atoms with Gasteiger partial charge in [-0.05, 0) is 20.4 Å². The zero-order chi connectivity index (χ0) is 14.7. The van der Waals surface area contributed by atoms with Gasteiger partial charge in [-0.25, -0.2) is 0 Å². The summed E-state index contributed by atoms with van der Waals surface area (Å²) >= 11 is 1.88. The molecule has 0 N–H and O–H groups in total. The van der Waals surface area contributed by atoms with Gasteiger partial charge in [0, 0.05) is 42.6 Å². The average molecular weight is 295 g/mol. The molecule has 6 heteroatoms. The molecular weight excluding hydrogens is 274 g/mol. The summed E-state index contributed by atoms with van der Waals surface area (Å²) in [7, 11) is 4.20. The first kappa shape index (κ1) is 15.3. The molecule has 1 saturated heterocycles. The molecule has 0 radical (unpaired) electrons. The van der Waals surface area contributed by atoms with Gasteiger partial charge in [-0.15, -0.1) is 0 Å². The number of likely N-dealkylation sites (tertiary alicyclic amines) is 1. The van der Waals surface area contributed by atoms with Crippen molar-refractivity contribution in [1.29, 1.82) is 0 Å². The second-order valence-corrected chi connectivity index (χ2v) is 6.46. The lowest BCUT2D eigenvalue weighted by Crippen LogP contribution is -2.36. The minimum atomic E-state index is -0.291. The number of hydrogen-bond donors (Lipinski definition) is 0. The Hall–Kier alpha value is -1.11. The number of benzene rings is 1. The Labute approximate surface area is 124 Å². The molecule has 110 valence electrons. The minimum absolute atomic E-state index is 0.224. The SMILES string of the molecule is CS[C@@H]1CN(Cc2ccccc2[N+](=O)[O-])C[C@@H]1N(C)C. The fourth-order valence-corrected chi connectivity index (χ4v) is 3.76. The molecule has 0 aliphatic carbocycles. The summed E-state index contributed by atoms with van der Waals surface area (Å²) in [5.41, 5.74) is 1.03. The molecule has 1 heterocycles. The molecule has 1 fully saturated rings. The van der Waals surface area contributed by atoms with Crippen LogP contribution in [0, 0.1) is 10.1 Å². The molecule has 0 amide bonds. The van der Waals surface area contributed by atoms with E-state index in [0.29, 0.717) is 17.8 Å². The van der Waals surface area contributed by atoms with E-state index >= 15 is 0 Å². The number of para-hydroxylation sites is 1. The van der Waals surface area contributed by atoms with Crippen LogP contribution in [0.1, 0.15) is 5.56 Å². The Bertz CT molecular complexity index is 481. The first-order chi connectivity index (χ1) is 9.52. The normalized spacial score (nSPS) is 23.4. The number of nitro benzene ring substituents is 1. The van der Waals surface area contributed by atoms with E-state index in [1.54, 1.807) is 12.1 Å². The van der Waals surface area contributed by atoms with Gasteiger partial charge in [0.05, 0.1) is 4.92 Å². The molecule has 2 atom stereocenters. The number of likely N-dealkylation sites (N-methyl/N-ethyl adjacent to an activating group) is 1. The second kappa shape index (κ2) is 6.56. The topological polar surface area (TPSA) is 49.6 Å². The number of hydrogen-bond acceptors (Lipinski definition) is 5. The van der Waals surface area contributed by atoms with Crippen LogP contribution in [0.3, 0.4) is 0 Å². The minimum Gasteiger partial charge on any atom is -0.304 e. The van der Waals surface area contributed by atoms with E-state index in [4.69, 9.17) is 0 Å². The van der Waals surface area contributed by atoms with E-state index in [1.807, 2.05) is 23.9 Å². The van der Waals surface area contributed by atoms with Crippen molar-refractivity contribution in [3.63, 3.8) is 0 Å². The highest BCUT2D eigenvalue weighted by atomic mass is 32.2. The Morgan fingerprint density at radius 2 is 2.10 bits per heavy atom. The highest BCUT2D eigenvalue weighted by Gasteiger charge is 2.34. The Balaban J connectivity index is 2.10. The molecule has 1 aromatic carbocycles. The summed E-state index contributed by atoms with van der Waals surface area (Å²) < 4.78 is 0. The molecule has 1 aliphatic heterocycles. The summed E-state index contributed by atoms with van der Waals surface area (Å²) in [4.78, 5) is 15.3. The molecule has 0 bridgehead atoms. The fraction of sp³-hybridized carbons (Fsp3) is 0.571. The van der Waals surface area contributed by atoms with Crippen LogP contribution in [0.4, 0.5) is 5.69 Å². The first-order valence-electron chi connectivity index (χ1n) is 6.66. The average Bonchev–Trinajstić information content (AvgIpc) is 2.82. The van der Waals surface area contributed by atoms with E-state index in [2.05, 4.69) is 30.2 Å². The third-order valence-electron chi connectivity index (χ3n) is 3.86. The van der Waals surface area contributed by atoms with Gasteiger partial charge in [-0.3, -0.25) is 15.0 Å². The van der Waals surface area contributed by atoms with Crippen molar-refractivity contribution in [1.82, 2.24) is 9.80 Å². The molecule has 0 spiro atoms. The number of thioether (sulfide) groups is 1. The van der Waals surface area contributed by atoms with Gasteiger partial charge in [-0.2, -0.15) is 11.8 Å². The maximum Gasteiger partial charge on any atom is 0.273 e. The smallest absolute Gasteiger partial charge is 0.273 e. The van der Waals surface area contributed by atoms with Crippen LogP contribution >= 0.6 is 11.8 Å². The van der Waals surface area contributed by atoms with Gasteiger partial charge in [0.15, 0.2) is 0 Å². The first-order valence-corrected chi connectivity index (χ1v) is 7.95. The van der Waals surface area contributed by atoms with Crippen LogP contribution in [0.25, 0.3) is 0 Å². The van der Waals surface area contributed by atoms with Gasteiger partial charge in [-0.1, -0.05) is 18.2 Å². The van der Waals surface area contributed by atoms with E-state index in [-0.39, 0.29) is 10.6 Å². The van der Waals surface area contributed by atoms with Gasteiger partial charge in [0.2, 0.25) is 0 Å². The molecule has 5 nitrogen and oxygen atoms in total. The highest BCUT2D eigenvalue weighted by molar-refractivity contribution is 7.99. The largest absolute Gasteiger partial charge is 0.304 e. The van der Waals surface area contributed by atoms with Crippen molar-refractivity contribution >= 4 is 17.4 Å². The van der Waals surface area contributed by atoms with E-state index in [9.17, 15) is 10.1 Å². The summed E-state index contributed by atoms with van der Waals surface area (Å²) in [6, 6.07) is 7.54. The van der Waals surface area contributed by atoms with Crippen molar-refractivity contribution in [2.24, 2.45) is 0 Å². The predicted octanol–water partition coefficient (Wildman–Crippen LogP) is 2.07. The van der Waals surface area contributed by atoms with Crippen LogP contribution < -0.4 is 0 Å². The lowest BCUT2D eigenvalue weighted by Gasteiger charge is -2.23. The zero-order valence-corrected chi connectivity index (χ0v) is 13.0. The summed E-state index contributed by atoms with van der Waals surface area (Å²) in [5.74, 6) is 0. The summed E-state index contributed by atoms with van der Waals surface area (Å²) in [6.45, 7) is 2.60. The van der Waals surface area contributed by atoms with E-state index < -0.39 is 0 Å². The van der Waals surface area contributed by atoms with Crippen molar-refractivity contribution < 1.29 is 4.92 Å². The van der Waals surface area contributed by atoms with Crippen LogP contribution in [-0.2, 0) is 6.54 Å². The molecule has 1 aliphatic rings. The Morgan fingerprint density at radius 3 is 2.65 bits per heavy atom. The van der Waals surface area contributed by atoms with Crippen LogP contribution in [-0.4, -0.2) is 59.5 Å². The highest BCUT2D eigenvalue weighted by Crippen LogP contribution is 2.27. The van der Waals surface area contributed by atoms with Crippen LogP contribution in [0.15, 0.2) is 24.3 Å². The standard InChI is InChI=1S/C14H21N3O2S/c1-15(2)13-9-16(10-14(13)20-3)8-11-6-4-5-7-12(11)17(18)19/h4-7,13-14H,8-10H2,1-3H3/t13-,14+/m0/s1. The second-order valence-electron chi connectivity index (χ2n) is 5.39. The maximum atomic E-state index is 11.1. The van der Waals surface area contributed by atoms with E-state index in [1.165, 1.54) is 0 Å². The van der Waals surface area contributed by atoms with Crippen molar-refractivity contribution in [2.75, 3.05) is 33.4 Å². The molecule has 20 heavy (non-hydrogen) atoms. The lowest BCUT2D eigenvalue weighted by molar-refractivity contribution is -0.385. The van der Waals surface area contributed by atoms with Crippen molar-refractivity contribution in [3.8, 4) is 0 Å². The number of rotatable bonds is 5. The van der Waals surface area contributed by atoms with Crippen LogP contribution in [0.2, 0.25) is 0 Å². The van der Waals surface area contributed by atoms with Crippen molar-refractivity contribution in [2.45, 2.75) is 17.8 Å². The summed E-state index contributed by atoms with van der Waals surface area (Å²) in [6.07, 6.45) is 2.13. The van der Waals surface area contributed by atoms with E-state index in [0.717, 1.165) is 18.7 Å². The summed E-state index contributed by atoms with van der Waals surface area (Å²) in [5, 5.41) is 11.6. The van der Waals surface area contributed by atoms with Gasteiger partial charge in [0.1, 0.15) is 0 Å². The molecule has 0 unspecified atom stereocenters. The number of nitrogens with zero attached hydrogens (tertiary/aromatic N) is 3. The Kier molecular flexibility index (Phi) is 5.01. The van der Waals surface area contributed by atoms with Gasteiger partial charge < -0.3 is 4.90 Å². The van der Waals surface area contributed by atoms with Gasteiger partial charge in [0.25, 0.3) is 5.69 Å².